The van der Waals surface area contributed by atoms with E-state index >= 15 is 0 Å². The SMILES string of the molecule is Cc1n[nH]c(=O)c(C(=O)NOCC(C)C)c1C. The number of nitrogens with one attached hydrogen (secondary N) is 2. The molecule has 0 radical (unpaired) electrons. The van der Waals surface area contributed by atoms with E-state index in [0.29, 0.717) is 23.8 Å². The van der Waals surface area contributed by atoms with Crippen LogP contribution in [0.15, 0.2) is 4.79 Å². The van der Waals surface area contributed by atoms with E-state index in [4.69, 9.17) is 4.84 Å². The lowest BCUT2D eigenvalue weighted by Gasteiger charge is -2.09. The molecule has 1 rings (SSSR count). The molecular formula is C11H17N3O3. The second-order valence-corrected chi connectivity index (χ2v) is 4.27. The van der Waals surface area contributed by atoms with Gasteiger partial charge in [-0.1, -0.05) is 13.8 Å². The molecule has 1 aromatic heterocycles. The van der Waals surface area contributed by atoms with Gasteiger partial charge in [0.2, 0.25) is 0 Å². The number of carbonyl (C=O) groups excluding carboxylic acids is 1. The third-order valence-corrected chi connectivity index (χ3v) is 2.28. The van der Waals surface area contributed by atoms with Crippen molar-refractivity contribution in [2.24, 2.45) is 5.92 Å². The van der Waals surface area contributed by atoms with Crippen molar-refractivity contribution in [3.8, 4) is 0 Å². The Morgan fingerprint density at radius 3 is 2.71 bits per heavy atom. The summed E-state index contributed by atoms with van der Waals surface area (Å²) in [7, 11) is 0. The van der Waals surface area contributed by atoms with Crippen molar-refractivity contribution < 1.29 is 9.63 Å². The van der Waals surface area contributed by atoms with Gasteiger partial charge in [0.15, 0.2) is 0 Å². The van der Waals surface area contributed by atoms with Gasteiger partial charge in [-0.05, 0) is 25.3 Å². The van der Waals surface area contributed by atoms with Crippen LogP contribution >= 0.6 is 0 Å². The van der Waals surface area contributed by atoms with Crippen molar-refractivity contribution in [3.63, 3.8) is 0 Å². The first-order valence-corrected chi connectivity index (χ1v) is 5.41. The zero-order valence-electron chi connectivity index (χ0n) is 10.5. The molecule has 1 amide bonds. The van der Waals surface area contributed by atoms with Crippen LogP contribution in [0.5, 0.6) is 0 Å². The average molecular weight is 239 g/mol. The minimum Gasteiger partial charge on any atom is -0.273 e. The van der Waals surface area contributed by atoms with E-state index < -0.39 is 11.5 Å². The maximum absolute atomic E-state index is 11.7. The quantitative estimate of drug-likeness (QED) is 0.758. The summed E-state index contributed by atoms with van der Waals surface area (Å²) in [5.74, 6) is -0.247. The molecule has 0 saturated heterocycles. The van der Waals surface area contributed by atoms with Crippen molar-refractivity contribution >= 4 is 5.91 Å². The fourth-order valence-corrected chi connectivity index (χ4v) is 1.22. The first-order valence-electron chi connectivity index (χ1n) is 5.41. The highest BCUT2D eigenvalue weighted by atomic mass is 16.6. The van der Waals surface area contributed by atoms with Gasteiger partial charge in [-0.3, -0.25) is 14.4 Å². The van der Waals surface area contributed by atoms with Gasteiger partial charge in [0.1, 0.15) is 5.56 Å². The molecule has 0 aliphatic carbocycles. The van der Waals surface area contributed by atoms with Gasteiger partial charge in [0, 0.05) is 0 Å². The monoisotopic (exact) mass is 239 g/mol. The summed E-state index contributed by atoms with van der Waals surface area (Å²) in [4.78, 5) is 28.2. The molecule has 0 aliphatic rings. The molecule has 0 saturated carbocycles. The summed E-state index contributed by atoms with van der Waals surface area (Å²) in [6, 6.07) is 0. The second-order valence-electron chi connectivity index (χ2n) is 4.27. The number of carbonyl (C=O) groups is 1. The van der Waals surface area contributed by atoms with E-state index in [9.17, 15) is 9.59 Å². The summed E-state index contributed by atoms with van der Waals surface area (Å²) in [6.45, 7) is 7.71. The van der Waals surface area contributed by atoms with Gasteiger partial charge in [0.05, 0.1) is 12.3 Å². The van der Waals surface area contributed by atoms with Gasteiger partial charge in [-0.15, -0.1) is 0 Å². The van der Waals surface area contributed by atoms with E-state index in [1.807, 2.05) is 13.8 Å². The number of aromatic nitrogens is 2. The normalized spacial score (nSPS) is 10.6. The Morgan fingerprint density at radius 2 is 2.12 bits per heavy atom. The number of hydroxylamine groups is 1. The highest BCUT2D eigenvalue weighted by Crippen LogP contribution is 2.04. The molecule has 6 nitrogen and oxygen atoms in total. The lowest BCUT2D eigenvalue weighted by atomic mass is 10.1. The Balaban J connectivity index is 2.82. The number of amides is 1. The molecule has 6 heteroatoms. The lowest BCUT2D eigenvalue weighted by molar-refractivity contribution is 0.0206. The Hall–Kier alpha value is -1.69. The summed E-state index contributed by atoms with van der Waals surface area (Å²) in [5, 5.41) is 6.04. The van der Waals surface area contributed by atoms with Crippen molar-refractivity contribution in [2.75, 3.05) is 6.61 Å². The Labute approximate surface area is 99.3 Å². The summed E-state index contributed by atoms with van der Waals surface area (Å²) < 4.78 is 0. The Morgan fingerprint density at radius 1 is 1.47 bits per heavy atom. The third-order valence-electron chi connectivity index (χ3n) is 2.28. The van der Waals surface area contributed by atoms with Crippen molar-refractivity contribution in [1.29, 1.82) is 0 Å². The van der Waals surface area contributed by atoms with Gasteiger partial charge in [0.25, 0.3) is 11.5 Å². The van der Waals surface area contributed by atoms with Crippen LogP contribution in [0.2, 0.25) is 0 Å². The summed E-state index contributed by atoms with van der Waals surface area (Å²) >= 11 is 0. The number of aryl methyl sites for hydroxylation is 1. The molecule has 0 atom stereocenters. The van der Waals surface area contributed by atoms with Crippen LogP contribution in [0.25, 0.3) is 0 Å². The maximum Gasteiger partial charge on any atom is 0.280 e. The molecule has 94 valence electrons. The van der Waals surface area contributed by atoms with E-state index in [1.165, 1.54) is 0 Å². The fraction of sp³-hybridized carbons (Fsp3) is 0.545. The zero-order chi connectivity index (χ0) is 13.0. The van der Waals surface area contributed by atoms with Crippen LogP contribution in [0, 0.1) is 19.8 Å². The molecule has 2 N–H and O–H groups in total. The number of rotatable bonds is 4. The molecule has 0 spiro atoms. The van der Waals surface area contributed by atoms with E-state index in [2.05, 4.69) is 15.7 Å². The number of hydrogen-bond acceptors (Lipinski definition) is 4. The number of nitrogens with zero attached hydrogens (tertiary/aromatic N) is 1. The van der Waals surface area contributed by atoms with Crippen LogP contribution in [-0.4, -0.2) is 22.7 Å². The molecule has 1 heterocycles. The fourth-order valence-electron chi connectivity index (χ4n) is 1.22. The Kier molecular flexibility index (Phi) is 4.39. The van der Waals surface area contributed by atoms with Crippen LogP contribution in [0.1, 0.15) is 35.5 Å². The molecule has 17 heavy (non-hydrogen) atoms. The van der Waals surface area contributed by atoms with Crippen molar-refractivity contribution in [3.05, 3.63) is 27.2 Å². The van der Waals surface area contributed by atoms with Crippen LogP contribution < -0.4 is 11.0 Å². The van der Waals surface area contributed by atoms with Crippen molar-refractivity contribution in [1.82, 2.24) is 15.7 Å². The summed E-state index contributed by atoms with van der Waals surface area (Å²) in [5.41, 5.74) is 2.95. The standard InChI is InChI=1S/C11H17N3O3/c1-6(2)5-17-14-11(16)9-7(3)8(4)12-13-10(9)15/h6H,5H2,1-4H3,(H,13,15)(H,14,16). The van der Waals surface area contributed by atoms with Crippen molar-refractivity contribution in [2.45, 2.75) is 27.7 Å². The number of aromatic amines is 1. The average Bonchev–Trinajstić information content (AvgIpc) is 2.23. The molecule has 0 bridgehead atoms. The molecule has 0 unspecified atom stereocenters. The van der Waals surface area contributed by atoms with Crippen LogP contribution in [0.3, 0.4) is 0 Å². The zero-order valence-corrected chi connectivity index (χ0v) is 10.5. The van der Waals surface area contributed by atoms with Gasteiger partial charge in [-0.2, -0.15) is 5.10 Å². The highest BCUT2D eigenvalue weighted by Gasteiger charge is 2.16. The van der Waals surface area contributed by atoms with Gasteiger partial charge >= 0.3 is 0 Å². The van der Waals surface area contributed by atoms with Gasteiger partial charge in [-0.25, -0.2) is 10.6 Å². The molecule has 0 aromatic carbocycles. The maximum atomic E-state index is 11.7. The predicted molar refractivity (Wildman–Crippen MR) is 62.6 cm³/mol. The van der Waals surface area contributed by atoms with Gasteiger partial charge < -0.3 is 0 Å². The molecule has 0 aliphatic heterocycles. The highest BCUT2D eigenvalue weighted by molar-refractivity contribution is 5.94. The van der Waals surface area contributed by atoms with Crippen LogP contribution in [-0.2, 0) is 4.84 Å². The minimum absolute atomic E-state index is 0.0428. The number of hydrogen-bond donors (Lipinski definition) is 2. The predicted octanol–water partition coefficient (Wildman–Crippen LogP) is 0.704. The third kappa shape index (κ3) is 3.39. The number of H-pyrrole nitrogens is 1. The molecular weight excluding hydrogens is 222 g/mol. The first-order chi connectivity index (χ1) is 7.93. The van der Waals surface area contributed by atoms with E-state index in [-0.39, 0.29) is 5.56 Å². The lowest BCUT2D eigenvalue weighted by Crippen LogP contribution is -2.32. The first kappa shape index (κ1) is 13.4. The van der Waals surface area contributed by atoms with E-state index in [1.54, 1.807) is 13.8 Å². The minimum atomic E-state index is -0.546. The van der Waals surface area contributed by atoms with Crippen LogP contribution in [0.4, 0.5) is 0 Å². The Bertz CT molecular complexity index is 466. The van der Waals surface area contributed by atoms with E-state index in [0.717, 1.165) is 0 Å². The smallest absolute Gasteiger partial charge is 0.273 e. The second kappa shape index (κ2) is 5.58. The largest absolute Gasteiger partial charge is 0.280 e. The summed E-state index contributed by atoms with van der Waals surface area (Å²) in [6.07, 6.45) is 0. The topological polar surface area (TPSA) is 84.1 Å². The molecule has 0 fully saturated rings. The molecule has 1 aromatic rings.